The predicted octanol–water partition coefficient (Wildman–Crippen LogP) is 5.21. The number of aliphatic hydroxyl groups is 3. The summed E-state index contributed by atoms with van der Waals surface area (Å²) >= 11 is 0. The van der Waals surface area contributed by atoms with Gasteiger partial charge in [0.15, 0.2) is 12.4 Å². The van der Waals surface area contributed by atoms with Crippen molar-refractivity contribution in [2.75, 3.05) is 13.2 Å². The highest BCUT2D eigenvalue weighted by molar-refractivity contribution is 5.69. The van der Waals surface area contributed by atoms with E-state index in [1.165, 1.54) is 0 Å². The number of carbonyl (C=O) groups excluding carboxylic acids is 1. The van der Waals surface area contributed by atoms with Crippen molar-refractivity contribution in [2.45, 2.75) is 172 Å². The van der Waals surface area contributed by atoms with E-state index >= 15 is 0 Å². The molecule has 3 saturated heterocycles. The van der Waals surface area contributed by atoms with Crippen LogP contribution in [0.25, 0.3) is 0 Å². The van der Waals surface area contributed by atoms with E-state index in [9.17, 15) is 20.1 Å². The minimum atomic E-state index is -1.86. The second-order valence-electron chi connectivity index (χ2n) is 14.0. The Bertz CT molecular complexity index is 968. The second-order valence-corrected chi connectivity index (χ2v) is 14.0. The van der Waals surface area contributed by atoms with Crippen molar-refractivity contribution in [1.29, 1.82) is 0 Å². The van der Waals surface area contributed by atoms with Crippen LogP contribution in [-0.4, -0.2) is 89.3 Å². The predicted molar refractivity (Wildman–Crippen MR) is 168 cm³/mol. The number of rotatable bonds is 8. The van der Waals surface area contributed by atoms with Crippen LogP contribution in [0.1, 0.15) is 117 Å². The number of hydrogen-bond acceptors (Lipinski definition) is 10. The summed E-state index contributed by atoms with van der Waals surface area (Å²) in [6.45, 7) is 9.99. The molecular formula is C35H58O10. The van der Waals surface area contributed by atoms with Crippen LogP contribution in [0.3, 0.4) is 0 Å². The van der Waals surface area contributed by atoms with Crippen molar-refractivity contribution in [3.63, 3.8) is 0 Å². The van der Waals surface area contributed by atoms with Gasteiger partial charge in [-0.2, -0.15) is 0 Å². The third-order valence-corrected chi connectivity index (χ3v) is 9.68. The van der Waals surface area contributed by atoms with Crippen molar-refractivity contribution in [1.82, 2.24) is 0 Å². The summed E-state index contributed by atoms with van der Waals surface area (Å²) in [7, 11) is 0. The zero-order valence-corrected chi connectivity index (χ0v) is 27.7. The summed E-state index contributed by atoms with van der Waals surface area (Å²) in [5.41, 5.74) is -1.01. The fourth-order valence-corrected chi connectivity index (χ4v) is 7.03. The SMILES string of the molecule is C=C1C[C@H](O)CC2CCC[C@H](C[C@@H]3COC(/C=C/C(C)(C)C4(O)OC(CC[C@@H]4OC(=O)CCCCCCC)CC(CO)O1)O3)O2. The van der Waals surface area contributed by atoms with E-state index in [0.29, 0.717) is 44.5 Å². The Hall–Kier alpha value is -1.53. The summed E-state index contributed by atoms with van der Waals surface area (Å²) in [6, 6.07) is 0. The number of unbranched alkanes of at least 4 members (excludes halogenated alkanes) is 4. The first-order valence-corrected chi connectivity index (χ1v) is 17.4. The smallest absolute Gasteiger partial charge is 0.306 e. The van der Waals surface area contributed by atoms with E-state index in [2.05, 4.69) is 13.5 Å². The minimum Gasteiger partial charge on any atom is -0.493 e. The molecule has 45 heavy (non-hydrogen) atoms. The van der Waals surface area contributed by atoms with Crippen molar-refractivity contribution >= 4 is 5.97 Å². The van der Waals surface area contributed by atoms with Crippen molar-refractivity contribution < 1.29 is 48.5 Å². The van der Waals surface area contributed by atoms with E-state index in [1.54, 1.807) is 6.08 Å². The monoisotopic (exact) mass is 638 g/mol. The van der Waals surface area contributed by atoms with Gasteiger partial charge in [-0.25, -0.2) is 0 Å². The van der Waals surface area contributed by atoms with E-state index in [0.717, 1.165) is 51.4 Å². The lowest BCUT2D eigenvalue weighted by Crippen LogP contribution is -2.61. The fourth-order valence-electron chi connectivity index (χ4n) is 7.03. The molecule has 3 N–H and O–H groups in total. The average Bonchev–Trinajstić information content (AvgIpc) is 3.43. The molecule has 0 aromatic rings. The van der Waals surface area contributed by atoms with Crippen molar-refractivity contribution in [3.05, 3.63) is 24.5 Å². The maximum atomic E-state index is 12.9. The van der Waals surface area contributed by atoms with Gasteiger partial charge >= 0.3 is 5.97 Å². The van der Waals surface area contributed by atoms with E-state index in [-0.39, 0.29) is 43.7 Å². The molecule has 4 rings (SSSR count). The molecule has 258 valence electrons. The standard InChI is InChI=1S/C35H58O10/c1-5-6-7-8-9-13-32(38)44-31-15-14-28-21-29(22-36)41-24(2)18-25(37)19-26-11-10-12-27(42-26)20-30-23-40-33(43-30)16-17-34(3,4)35(31,39)45-28/h16-17,25-31,33,36-37,39H,2,5-15,18-23H2,1,3-4H3/b17-16+/t25-,26?,27+,28?,29?,30+,31-,33?,35?/m0/s1. The number of carbonyl (C=O) groups is 1. The van der Waals surface area contributed by atoms with Gasteiger partial charge in [0.05, 0.1) is 49.5 Å². The van der Waals surface area contributed by atoms with Crippen LogP contribution in [0.4, 0.5) is 0 Å². The molecule has 4 aliphatic rings. The Labute approximate surface area is 269 Å². The molecule has 3 fully saturated rings. The van der Waals surface area contributed by atoms with Gasteiger partial charge in [-0.05, 0) is 51.0 Å². The number of ether oxygens (including phenoxy) is 6. The van der Waals surface area contributed by atoms with Crippen molar-refractivity contribution in [2.24, 2.45) is 5.41 Å². The molecular weight excluding hydrogens is 580 g/mol. The molecule has 5 unspecified atom stereocenters. The van der Waals surface area contributed by atoms with Crippen LogP contribution in [0, 0.1) is 5.41 Å². The lowest BCUT2D eigenvalue weighted by atomic mass is 9.76. The van der Waals surface area contributed by atoms with Gasteiger partial charge in [0.25, 0.3) is 0 Å². The molecule has 0 aliphatic carbocycles. The Morgan fingerprint density at radius 1 is 1.00 bits per heavy atom. The lowest BCUT2D eigenvalue weighted by Gasteiger charge is -2.50. The maximum Gasteiger partial charge on any atom is 0.306 e. The van der Waals surface area contributed by atoms with E-state index in [4.69, 9.17) is 28.4 Å². The Balaban J connectivity index is 1.52. The van der Waals surface area contributed by atoms with Gasteiger partial charge in [-0.15, -0.1) is 0 Å². The molecule has 10 nitrogen and oxygen atoms in total. The molecule has 0 aromatic carbocycles. The quantitative estimate of drug-likeness (QED) is 0.185. The first-order valence-electron chi connectivity index (χ1n) is 17.4. The van der Waals surface area contributed by atoms with Crippen LogP contribution in [-0.2, 0) is 33.2 Å². The van der Waals surface area contributed by atoms with E-state index in [1.807, 2.05) is 19.9 Å². The first kappa shape index (κ1) is 36.3. The minimum absolute atomic E-state index is 0.0166. The van der Waals surface area contributed by atoms with Crippen LogP contribution in [0.15, 0.2) is 24.5 Å². The van der Waals surface area contributed by atoms with Crippen LogP contribution < -0.4 is 0 Å². The molecule has 6 bridgehead atoms. The highest BCUT2D eigenvalue weighted by Crippen LogP contribution is 2.45. The highest BCUT2D eigenvalue weighted by atomic mass is 16.7. The lowest BCUT2D eigenvalue weighted by molar-refractivity contribution is -0.340. The third kappa shape index (κ3) is 10.5. The summed E-state index contributed by atoms with van der Waals surface area (Å²) in [5.74, 6) is -1.82. The topological polar surface area (TPSA) is 133 Å². The molecule has 4 aliphatic heterocycles. The van der Waals surface area contributed by atoms with Gasteiger partial charge in [-0.3, -0.25) is 4.79 Å². The third-order valence-electron chi connectivity index (χ3n) is 9.68. The van der Waals surface area contributed by atoms with E-state index < -0.39 is 41.9 Å². The fraction of sp³-hybridized carbons (Fsp3) is 0.857. The van der Waals surface area contributed by atoms with Gasteiger partial charge in [0.2, 0.25) is 5.79 Å². The normalized spacial score (nSPS) is 38.6. The number of aliphatic hydroxyl groups excluding tert-OH is 2. The van der Waals surface area contributed by atoms with Gasteiger partial charge in [0, 0.05) is 31.1 Å². The van der Waals surface area contributed by atoms with Gasteiger partial charge in [-0.1, -0.05) is 59.1 Å². The summed E-state index contributed by atoms with van der Waals surface area (Å²) in [5, 5.41) is 33.2. The van der Waals surface area contributed by atoms with Gasteiger partial charge < -0.3 is 43.7 Å². The Morgan fingerprint density at radius 2 is 1.76 bits per heavy atom. The molecule has 0 aromatic heterocycles. The summed E-state index contributed by atoms with van der Waals surface area (Å²) in [6.07, 6.45) is 10.9. The second kappa shape index (κ2) is 17.0. The van der Waals surface area contributed by atoms with Crippen molar-refractivity contribution in [3.8, 4) is 0 Å². The van der Waals surface area contributed by atoms with Crippen LogP contribution in [0.2, 0.25) is 0 Å². The molecule has 0 saturated carbocycles. The summed E-state index contributed by atoms with van der Waals surface area (Å²) < 4.78 is 36.8. The zero-order valence-electron chi connectivity index (χ0n) is 27.7. The molecule has 10 heteroatoms. The molecule has 0 spiro atoms. The number of esters is 1. The number of fused-ring (bicyclic) bond motifs is 6. The maximum absolute atomic E-state index is 12.9. The average molecular weight is 639 g/mol. The van der Waals surface area contributed by atoms with Gasteiger partial charge in [0.1, 0.15) is 6.10 Å². The van der Waals surface area contributed by atoms with Crippen LogP contribution >= 0.6 is 0 Å². The highest BCUT2D eigenvalue weighted by Gasteiger charge is 2.55. The largest absolute Gasteiger partial charge is 0.493 e. The zero-order chi connectivity index (χ0) is 32.5. The Kier molecular flexibility index (Phi) is 13.7. The molecule has 9 atom stereocenters. The summed E-state index contributed by atoms with van der Waals surface area (Å²) in [4.78, 5) is 12.9. The molecule has 0 amide bonds. The molecule has 0 radical (unpaired) electrons. The molecule has 4 heterocycles. The first-order chi connectivity index (χ1) is 21.5. The van der Waals surface area contributed by atoms with Crippen LogP contribution in [0.5, 0.6) is 0 Å². The Morgan fingerprint density at radius 3 is 2.51 bits per heavy atom. The number of hydrogen-bond donors (Lipinski definition) is 3.